The van der Waals surface area contributed by atoms with Crippen LogP contribution in [0.15, 0.2) is 41.3 Å². The molecule has 10 heteroatoms. The fourth-order valence-corrected chi connectivity index (χ4v) is 5.98. The summed E-state index contributed by atoms with van der Waals surface area (Å²) in [5, 5.41) is 14.2. The predicted octanol–water partition coefficient (Wildman–Crippen LogP) is 4.89. The molecule has 35 heavy (non-hydrogen) atoms. The van der Waals surface area contributed by atoms with Gasteiger partial charge in [0.15, 0.2) is 0 Å². The first-order chi connectivity index (χ1) is 16.8. The Bertz CT molecular complexity index is 1140. The summed E-state index contributed by atoms with van der Waals surface area (Å²) in [6.45, 7) is 1.77. The maximum Gasteiger partial charge on any atom is 0.341 e. The number of hydrogen-bond acceptors (Lipinski definition) is 7. The van der Waals surface area contributed by atoms with Gasteiger partial charge in [-0.2, -0.15) is 0 Å². The molecule has 0 radical (unpaired) electrons. The highest BCUT2D eigenvalue weighted by Crippen LogP contribution is 2.38. The maximum absolute atomic E-state index is 13.0. The summed E-state index contributed by atoms with van der Waals surface area (Å²) in [5.74, 6) is -2.45. The van der Waals surface area contributed by atoms with Crippen LogP contribution >= 0.6 is 23.1 Å². The quantitative estimate of drug-likeness (QED) is 0.259. The number of anilines is 2. The Morgan fingerprint density at radius 1 is 1.09 bits per heavy atom. The van der Waals surface area contributed by atoms with Crippen LogP contribution in [0.3, 0.4) is 0 Å². The van der Waals surface area contributed by atoms with Crippen LogP contribution in [0.4, 0.5) is 10.7 Å². The molecule has 2 amide bonds. The number of methoxy groups -OCH3 is 1. The average Bonchev–Trinajstić information content (AvgIpc) is 3.13. The fraction of sp³-hybridized carbons (Fsp3) is 0.360. The van der Waals surface area contributed by atoms with Crippen LogP contribution in [0.2, 0.25) is 0 Å². The molecule has 3 rings (SSSR count). The largest absolute Gasteiger partial charge is 0.478 e. The highest BCUT2D eigenvalue weighted by molar-refractivity contribution is 8.00. The number of nitrogens with one attached hydrogen (secondary N) is 2. The fourth-order valence-electron chi connectivity index (χ4n) is 3.77. The van der Waals surface area contributed by atoms with Crippen molar-refractivity contribution in [2.24, 2.45) is 0 Å². The highest BCUT2D eigenvalue weighted by atomic mass is 32.2. The van der Waals surface area contributed by atoms with Crippen molar-refractivity contribution in [1.29, 1.82) is 0 Å². The number of ether oxygens (including phenoxy) is 1. The van der Waals surface area contributed by atoms with E-state index in [4.69, 9.17) is 9.84 Å². The third kappa shape index (κ3) is 7.43. The Morgan fingerprint density at radius 3 is 2.54 bits per heavy atom. The molecule has 3 N–H and O–H groups in total. The summed E-state index contributed by atoms with van der Waals surface area (Å²) in [6.07, 6.45) is 7.74. The number of benzene rings is 1. The molecule has 0 saturated carbocycles. The number of aliphatic carboxylic acids is 1. The number of amides is 2. The topological polar surface area (TPSA) is 122 Å². The summed E-state index contributed by atoms with van der Waals surface area (Å²) in [5.41, 5.74) is 1.95. The lowest BCUT2D eigenvalue weighted by Gasteiger charge is -2.13. The number of carbonyl (C=O) groups is 4. The van der Waals surface area contributed by atoms with E-state index in [1.165, 1.54) is 30.2 Å². The molecular weight excluding hydrogens is 488 g/mol. The zero-order chi connectivity index (χ0) is 25.4. The highest BCUT2D eigenvalue weighted by Gasteiger charge is 2.27. The van der Waals surface area contributed by atoms with Gasteiger partial charge < -0.3 is 20.5 Å². The molecule has 0 spiro atoms. The number of carboxylic acid groups (broad SMARTS) is 1. The number of esters is 1. The molecule has 1 aromatic heterocycles. The summed E-state index contributed by atoms with van der Waals surface area (Å²) in [4.78, 5) is 49.9. The molecule has 1 aliphatic carbocycles. The number of hydrogen-bond donors (Lipinski definition) is 3. The standard InChI is InChI=1S/C25H28N2O6S2/c1-15(34-17-9-7-8-16(14-17)26-20(28)12-13-21(29)30)23(31)27-24-22(25(32)33-2)18-10-5-3-4-6-11-19(18)35-24/h7-9,12-15H,3-6,10-11H2,1-2H3,(H,26,28)(H,27,31)(H,29,30)/b13-12+. The van der Waals surface area contributed by atoms with Crippen molar-refractivity contribution in [1.82, 2.24) is 0 Å². The molecule has 0 bridgehead atoms. The van der Waals surface area contributed by atoms with E-state index in [0.717, 1.165) is 66.0 Å². The van der Waals surface area contributed by atoms with Crippen LogP contribution in [-0.2, 0) is 32.0 Å². The number of carbonyl (C=O) groups excluding carboxylic acids is 3. The molecule has 186 valence electrons. The zero-order valence-electron chi connectivity index (χ0n) is 19.6. The van der Waals surface area contributed by atoms with E-state index >= 15 is 0 Å². The van der Waals surface area contributed by atoms with Gasteiger partial charge in [0.05, 0.1) is 17.9 Å². The second kappa shape index (κ2) is 12.6. The van der Waals surface area contributed by atoms with E-state index in [9.17, 15) is 19.2 Å². The Morgan fingerprint density at radius 2 is 1.83 bits per heavy atom. The Labute approximate surface area is 212 Å². The van der Waals surface area contributed by atoms with Crippen LogP contribution in [0.5, 0.6) is 0 Å². The first-order valence-electron chi connectivity index (χ1n) is 11.3. The molecule has 1 aliphatic rings. The molecule has 0 saturated heterocycles. The second-order valence-electron chi connectivity index (χ2n) is 8.05. The van der Waals surface area contributed by atoms with Gasteiger partial charge in [0, 0.05) is 27.6 Å². The van der Waals surface area contributed by atoms with Crippen molar-refractivity contribution in [3.63, 3.8) is 0 Å². The zero-order valence-corrected chi connectivity index (χ0v) is 21.2. The average molecular weight is 517 g/mol. The van der Waals surface area contributed by atoms with Crippen molar-refractivity contribution >= 4 is 57.5 Å². The molecule has 1 unspecified atom stereocenters. The Kier molecular flexibility index (Phi) is 9.50. The van der Waals surface area contributed by atoms with Gasteiger partial charge in [-0.1, -0.05) is 18.9 Å². The normalized spacial score (nSPS) is 14.3. The number of thiophene rings is 1. The van der Waals surface area contributed by atoms with Gasteiger partial charge in [0.25, 0.3) is 0 Å². The first-order valence-corrected chi connectivity index (χ1v) is 13.0. The molecule has 1 aromatic carbocycles. The number of fused-ring (bicyclic) bond motifs is 1. The van der Waals surface area contributed by atoms with Crippen molar-refractivity contribution in [2.45, 2.75) is 55.6 Å². The minimum absolute atomic E-state index is 0.242. The monoisotopic (exact) mass is 516 g/mol. The molecule has 1 heterocycles. The molecular formula is C25H28N2O6S2. The van der Waals surface area contributed by atoms with Gasteiger partial charge in [-0.3, -0.25) is 9.59 Å². The van der Waals surface area contributed by atoms with E-state index in [-0.39, 0.29) is 5.91 Å². The smallest absolute Gasteiger partial charge is 0.341 e. The Balaban J connectivity index is 1.71. The van der Waals surface area contributed by atoms with Crippen LogP contribution in [0, 0.1) is 0 Å². The van der Waals surface area contributed by atoms with E-state index in [0.29, 0.717) is 16.3 Å². The Hall–Kier alpha value is -3.11. The van der Waals surface area contributed by atoms with Crippen LogP contribution in [0.25, 0.3) is 0 Å². The van der Waals surface area contributed by atoms with Crippen LogP contribution in [-0.4, -0.2) is 41.2 Å². The third-order valence-electron chi connectivity index (χ3n) is 5.46. The van der Waals surface area contributed by atoms with Gasteiger partial charge in [0.1, 0.15) is 5.00 Å². The lowest BCUT2D eigenvalue weighted by Crippen LogP contribution is -2.23. The van der Waals surface area contributed by atoms with E-state index in [2.05, 4.69) is 10.6 Å². The summed E-state index contributed by atoms with van der Waals surface area (Å²) >= 11 is 2.76. The van der Waals surface area contributed by atoms with Crippen LogP contribution < -0.4 is 10.6 Å². The minimum atomic E-state index is -1.21. The maximum atomic E-state index is 13.0. The number of carboxylic acids is 1. The first kappa shape index (κ1) is 26.5. The molecule has 2 aromatic rings. The van der Waals surface area contributed by atoms with Crippen molar-refractivity contribution in [3.8, 4) is 0 Å². The van der Waals surface area contributed by atoms with Gasteiger partial charge in [-0.05, 0) is 56.4 Å². The van der Waals surface area contributed by atoms with E-state index in [1.54, 1.807) is 25.1 Å². The molecule has 0 fully saturated rings. The summed E-state index contributed by atoms with van der Waals surface area (Å²) < 4.78 is 5.03. The third-order valence-corrected chi connectivity index (χ3v) is 7.76. The number of aryl methyl sites for hydroxylation is 1. The molecule has 0 aliphatic heterocycles. The summed E-state index contributed by atoms with van der Waals surface area (Å²) in [6, 6.07) is 6.93. The van der Waals surface area contributed by atoms with Crippen LogP contribution in [0.1, 0.15) is 53.4 Å². The summed E-state index contributed by atoms with van der Waals surface area (Å²) in [7, 11) is 1.35. The van der Waals surface area contributed by atoms with Crippen molar-refractivity contribution in [3.05, 3.63) is 52.4 Å². The van der Waals surface area contributed by atoms with Gasteiger partial charge in [-0.25, -0.2) is 9.59 Å². The van der Waals surface area contributed by atoms with Gasteiger partial charge >= 0.3 is 11.9 Å². The number of rotatable bonds is 8. The SMILES string of the molecule is COC(=O)c1c(NC(=O)C(C)Sc2cccc(NC(=O)/C=C/C(=O)O)c2)sc2c1CCCCCC2. The van der Waals surface area contributed by atoms with Gasteiger partial charge in [-0.15, -0.1) is 23.1 Å². The lowest BCUT2D eigenvalue weighted by molar-refractivity contribution is -0.131. The molecule has 8 nitrogen and oxygen atoms in total. The van der Waals surface area contributed by atoms with E-state index in [1.807, 2.05) is 6.07 Å². The predicted molar refractivity (Wildman–Crippen MR) is 137 cm³/mol. The van der Waals surface area contributed by atoms with E-state index < -0.39 is 23.1 Å². The second-order valence-corrected chi connectivity index (χ2v) is 10.6. The van der Waals surface area contributed by atoms with Gasteiger partial charge in [0.2, 0.25) is 11.8 Å². The minimum Gasteiger partial charge on any atom is -0.478 e. The lowest BCUT2D eigenvalue weighted by atomic mass is 9.96. The number of thioether (sulfide) groups is 1. The molecule has 1 atom stereocenters. The van der Waals surface area contributed by atoms with Crippen molar-refractivity contribution < 1.29 is 29.0 Å². The van der Waals surface area contributed by atoms with Crippen molar-refractivity contribution in [2.75, 3.05) is 17.7 Å².